The molecule has 2 nitrogen and oxygen atoms in total. The SMILES string of the molecule is O=C(Cc1ccc(C(F)(F)F)cc1)N1CCCC1CCl. The average molecular weight is 306 g/mol. The molecule has 20 heavy (non-hydrogen) atoms. The van der Waals surface area contributed by atoms with E-state index >= 15 is 0 Å². The van der Waals surface area contributed by atoms with Crippen LogP contribution in [0.15, 0.2) is 24.3 Å². The highest BCUT2D eigenvalue weighted by molar-refractivity contribution is 6.18. The second kappa shape index (κ2) is 6.04. The van der Waals surface area contributed by atoms with Crippen LogP contribution in [0.2, 0.25) is 0 Å². The number of likely N-dealkylation sites (tertiary alicyclic amines) is 1. The van der Waals surface area contributed by atoms with Crippen molar-refractivity contribution in [3.63, 3.8) is 0 Å². The lowest BCUT2D eigenvalue weighted by Crippen LogP contribution is -2.37. The number of alkyl halides is 4. The third-order valence-corrected chi connectivity index (χ3v) is 3.87. The van der Waals surface area contributed by atoms with E-state index in [1.165, 1.54) is 12.1 Å². The lowest BCUT2D eigenvalue weighted by molar-refractivity contribution is -0.137. The summed E-state index contributed by atoms with van der Waals surface area (Å²) in [6.07, 6.45) is -2.41. The summed E-state index contributed by atoms with van der Waals surface area (Å²) in [5.74, 6) is 0.326. The molecular formula is C14H15ClF3NO. The average Bonchev–Trinajstić information content (AvgIpc) is 2.86. The monoisotopic (exact) mass is 305 g/mol. The van der Waals surface area contributed by atoms with Gasteiger partial charge in [-0.05, 0) is 30.5 Å². The Kier molecular flexibility index (Phi) is 4.58. The van der Waals surface area contributed by atoms with E-state index in [4.69, 9.17) is 11.6 Å². The van der Waals surface area contributed by atoms with E-state index in [1.807, 2.05) is 0 Å². The Morgan fingerprint density at radius 2 is 1.95 bits per heavy atom. The summed E-state index contributed by atoms with van der Waals surface area (Å²) < 4.78 is 37.3. The topological polar surface area (TPSA) is 20.3 Å². The van der Waals surface area contributed by atoms with Crippen molar-refractivity contribution in [3.8, 4) is 0 Å². The number of halogens is 4. The first-order chi connectivity index (χ1) is 9.41. The highest BCUT2D eigenvalue weighted by Crippen LogP contribution is 2.29. The first-order valence-corrected chi connectivity index (χ1v) is 6.97. The van der Waals surface area contributed by atoms with Gasteiger partial charge in [0.15, 0.2) is 0 Å². The van der Waals surface area contributed by atoms with Crippen LogP contribution in [0.25, 0.3) is 0 Å². The molecular weight excluding hydrogens is 291 g/mol. The molecule has 1 saturated heterocycles. The van der Waals surface area contributed by atoms with Crippen molar-refractivity contribution in [2.24, 2.45) is 0 Å². The minimum absolute atomic E-state index is 0.0543. The summed E-state index contributed by atoms with van der Waals surface area (Å²) in [5.41, 5.74) is -0.114. The first-order valence-electron chi connectivity index (χ1n) is 6.43. The van der Waals surface area contributed by atoms with Crippen LogP contribution in [0.4, 0.5) is 13.2 Å². The highest BCUT2D eigenvalue weighted by atomic mass is 35.5. The van der Waals surface area contributed by atoms with Crippen molar-refractivity contribution in [2.45, 2.75) is 31.5 Å². The van der Waals surface area contributed by atoms with Gasteiger partial charge in [0.2, 0.25) is 5.91 Å². The molecule has 1 aromatic rings. The molecule has 1 unspecified atom stereocenters. The molecule has 2 rings (SSSR count). The van der Waals surface area contributed by atoms with Crippen LogP contribution in [0.1, 0.15) is 24.0 Å². The summed E-state index contributed by atoms with van der Waals surface area (Å²) in [4.78, 5) is 13.8. The molecule has 110 valence electrons. The molecule has 1 aliphatic rings. The van der Waals surface area contributed by atoms with Crippen LogP contribution in [0.5, 0.6) is 0 Å². The van der Waals surface area contributed by atoms with Gasteiger partial charge in [0.1, 0.15) is 0 Å². The third kappa shape index (κ3) is 3.45. The molecule has 1 heterocycles. The Morgan fingerprint density at radius 1 is 1.30 bits per heavy atom. The Labute approximate surface area is 120 Å². The molecule has 0 aromatic heterocycles. The zero-order chi connectivity index (χ0) is 14.8. The molecule has 6 heteroatoms. The predicted molar refractivity (Wildman–Crippen MR) is 70.6 cm³/mol. The van der Waals surface area contributed by atoms with Crippen molar-refractivity contribution < 1.29 is 18.0 Å². The van der Waals surface area contributed by atoms with Crippen LogP contribution in [0, 0.1) is 0 Å². The minimum atomic E-state index is -4.35. The number of nitrogens with zero attached hydrogens (tertiary/aromatic N) is 1. The molecule has 1 atom stereocenters. The van der Waals surface area contributed by atoms with E-state index in [0.29, 0.717) is 18.0 Å². The smallest absolute Gasteiger partial charge is 0.338 e. The van der Waals surface area contributed by atoms with Crippen molar-refractivity contribution in [2.75, 3.05) is 12.4 Å². The maximum atomic E-state index is 12.4. The minimum Gasteiger partial charge on any atom is -0.338 e. The Morgan fingerprint density at radius 3 is 2.50 bits per heavy atom. The van der Waals surface area contributed by atoms with Gasteiger partial charge >= 0.3 is 6.18 Å². The maximum Gasteiger partial charge on any atom is 0.416 e. The van der Waals surface area contributed by atoms with Gasteiger partial charge in [0.25, 0.3) is 0 Å². The van der Waals surface area contributed by atoms with Crippen LogP contribution in [0.3, 0.4) is 0 Å². The second-order valence-electron chi connectivity index (χ2n) is 4.91. The normalized spacial score (nSPS) is 19.4. The summed E-state index contributed by atoms with van der Waals surface area (Å²) >= 11 is 5.80. The zero-order valence-corrected chi connectivity index (χ0v) is 11.5. The van der Waals surface area contributed by atoms with Crippen LogP contribution >= 0.6 is 11.6 Å². The van der Waals surface area contributed by atoms with Gasteiger partial charge in [-0.15, -0.1) is 11.6 Å². The van der Waals surface area contributed by atoms with Gasteiger partial charge in [-0.1, -0.05) is 12.1 Å². The maximum absolute atomic E-state index is 12.4. The van der Waals surface area contributed by atoms with Gasteiger partial charge in [-0.25, -0.2) is 0 Å². The molecule has 0 N–H and O–H groups in total. The van der Waals surface area contributed by atoms with E-state index in [0.717, 1.165) is 25.0 Å². The van der Waals surface area contributed by atoms with Crippen LogP contribution < -0.4 is 0 Å². The molecule has 1 aliphatic heterocycles. The lowest BCUT2D eigenvalue weighted by atomic mass is 10.1. The fourth-order valence-corrected chi connectivity index (χ4v) is 2.73. The Balaban J connectivity index is 2.01. The molecule has 0 radical (unpaired) electrons. The van der Waals surface area contributed by atoms with Gasteiger partial charge in [-0.3, -0.25) is 4.79 Å². The van der Waals surface area contributed by atoms with Gasteiger partial charge in [0.05, 0.1) is 12.0 Å². The molecule has 0 saturated carbocycles. The molecule has 0 bridgehead atoms. The van der Waals surface area contributed by atoms with Gasteiger partial charge in [-0.2, -0.15) is 13.2 Å². The number of amides is 1. The van der Waals surface area contributed by atoms with Crippen molar-refractivity contribution in [1.82, 2.24) is 4.90 Å². The number of hydrogen-bond acceptors (Lipinski definition) is 1. The molecule has 0 aliphatic carbocycles. The molecule has 1 amide bonds. The Hall–Kier alpha value is -1.23. The fourth-order valence-electron chi connectivity index (χ4n) is 2.41. The summed E-state index contributed by atoms with van der Waals surface area (Å²) in [5, 5.41) is 0. The van der Waals surface area contributed by atoms with Gasteiger partial charge in [0, 0.05) is 18.5 Å². The van der Waals surface area contributed by atoms with Crippen molar-refractivity contribution in [3.05, 3.63) is 35.4 Å². The zero-order valence-electron chi connectivity index (χ0n) is 10.8. The molecule has 1 aromatic carbocycles. The number of hydrogen-bond donors (Lipinski definition) is 0. The largest absolute Gasteiger partial charge is 0.416 e. The van der Waals surface area contributed by atoms with Crippen LogP contribution in [-0.4, -0.2) is 29.3 Å². The number of carbonyl (C=O) groups is 1. The Bertz CT molecular complexity index is 472. The van der Waals surface area contributed by atoms with Crippen molar-refractivity contribution >= 4 is 17.5 Å². The standard InChI is InChI=1S/C14H15ClF3NO/c15-9-12-2-1-7-19(12)13(20)8-10-3-5-11(6-4-10)14(16,17)18/h3-6,12H,1-2,7-9H2. The number of carbonyl (C=O) groups excluding carboxylic acids is 1. The van der Waals surface area contributed by atoms with E-state index in [-0.39, 0.29) is 18.4 Å². The van der Waals surface area contributed by atoms with E-state index in [2.05, 4.69) is 0 Å². The lowest BCUT2D eigenvalue weighted by Gasteiger charge is -2.23. The predicted octanol–water partition coefficient (Wildman–Crippen LogP) is 3.48. The molecule has 1 fully saturated rings. The van der Waals surface area contributed by atoms with Crippen LogP contribution in [-0.2, 0) is 17.4 Å². The summed E-state index contributed by atoms with van der Waals surface area (Å²) in [7, 11) is 0. The second-order valence-corrected chi connectivity index (χ2v) is 5.22. The van der Waals surface area contributed by atoms with E-state index in [9.17, 15) is 18.0 Å². The first kappa shape index (κ1) is 15.2. The quantitative estimate of drug-likeness (QED) is 0.783. The number of benzene rings is 1. The van der Waals surface area contributed by atoms with E-state index < -0.39 is 11.7 Å². The number of rotatable bonds is 3. The van der Waals surface area contributed by atoms with Crippen molar-refractivity contribution in [1.29, 1.82) is 0 Å². The molecule has 0 spiro atoms. The summed E-state index contributed by atoms with van der Waals surface area (Å²) in [6, 6.07) is 4.77. The summed E-state index contributed by atoms with van der Waals surface area (Å²) in [6.45, 7) is 0.677. The van der Waals surface area contributed by atoms with Gasteiger partial charge < -0.3 is 4.90 Å². The van der Waals surface area contributed by atoms with E-state index in [1.54, 1.807) is 4.90 Å². The fraction of sp³-hybridized carbons (Fsp3) is 0.500. The highest BCUT2D eigenvalue weighted by Gasteiger charge is 2.30. The third-order valence-electron chi connectivity index (χ3n) is 3.51.